The molecule has 0 aromatic carbocycles. The molecule has 0 atom stereocenters. The molecule has 0 saturated carbocycles. The van der Waals surface area contributed by atoms with Crippen molar-refractivity contribution >= 4 is 5.78 Å². The van der Waals surface area contributed by atoms with E-state index in [-0.39, 0.29) is 5.54 Å². The smallest absolute Gasteiger partial charge is 0.135 e. The Labute approximate surface area is 87.7 Å². The van der Waals surface area contributed by atoms with Gasteiger partial charge < -0.3 is 0 Å². The van der Waals surface area contributed by atoms with Gasteiger partial charge >= 0.3 is 0 Å². The molecule has 1 rings (SSSR count). The quantitative estimate of drug-likeness (QED) is 0.678. The van der Waals surface area contributed by atoms with Gasteiger partial charge in [0.1, 0.15) is 5.78 Å². The van der Waals surface area contributed by atoms with Gasteiger partial charge in [0.15, 0.2) is 0 Å². The first-order valence-electron chi connectivity index (χ1n) is 5.73. The molecule has 2 nitrogen and oxygen atoms in total. The fourth-order valence-electron chi connectivity index (χ4n) is 2.16. The largest absolute Gasteiger partial charge is 0.299 e. The lowest BCUT2D eigenvalue weighted by Gasteiger charge is -2.40. The molecule has 0 aliphatic carbocycles. The van der Waals surface area contributed by atoms with Gasteiger partial charge in [0, 0.05) is 17.9 Å². The van der Waals surface area contributed by atoms with Crippen molar-refractivity contribution in [3.63, 3.8) is 0 Å². The summed E-state index contributed by atoms with van der Waals surface area (Å²) in [5.74, 6) is 0.803. The van der Waals surface area contributed by atoms with Crippen LogP contribution in [0, 0.1) is 5.92 Å². The number of likely N-dealkylation sites (tertiary alicyclic amines) is 1. The second kappa shape index (κ2) is 4.43. The molecule has 1 aliphatic heterocycles. The van der Waals surface area contributed by atoms with Gasteiger partial charge in [0.25, 0.3) is 0 Å². The molecule has 0 radical (unpaired) electrons. The van der Waals surface area contributed by atoms with Crippen molar-refractivity contribution in [3.05, 3.63) is 0 Å². The summed E-state index contributed by atoms with van der Waals surface area (Å²) in [5.41, 5.74) is 0.264. The van der Waals surface area contributed by atoms with Crippen LogP contribution >= 0.6 is 0 Å². The third kappa shape index (κ3) is 2.81. The second-order valence-electron chi connectivity index (χ2n) is 5.25. The van der Waals surface area contributed by atoms with E-state index >= 15 is 0 Å². The average molecular weight is 197 g/mol. The first-order chi connectivity index (χ1) is 6.45. The Kier molecular flexibility index (Phi) is 3.71. The summed E-state index contributed by atoms with van der Waals surface area (Å²) in [7, 11) is 0. The fraction of sp³-hybridized carbons (Fsp3) is 0.917. The van der Waals surface area contributed by atoms with Gasteiger partial charge in [-0.3, -0.25) is 9.69 Å². The number of piperidine rings is 1. The van der Waals surface area contributed by atoms with Crippen LogP contribution in [0.5, 0.6) is 0 Å². The highest BCUT2D eigenvalue weighted by atomic mass is 16.1. The monoisotopic (exact) mass is 197 g/mol. The van der Waals surface area contributed by atoms with Crippen molar-refractivity contribution in [2.24, 2.45) is 5.92 Å². The Morgan fingerprint density at radius 1 is 1.29 bits per heavy atom. The summed E-state index contributed by atoms with van der Waals surface area (Å²) in [6.45, 7) is 10.9. The zero-order valence-corrected chi connectivity index (χ0v) is 9.97. The third-order valence-electron chi connectivity index (χ3n) is 3.25. The van der Waals surface area contributed by atoms with Gasteiger partial charge in [-0.25, -0.2) is 0 Å². The van der Waals surface area contributed by atoms with Crippen molar-refractivity contribution < 1.29 is 4.79 Å². The van der Waals surface area contributed by atoms with E-state index in [1.54, 1.807) is 0 Å². The lowest BCUT2D eigenvalue weighted by atomic mass is 9.89. The van der Waals surface area contributed by atoms with Crippen LogP contribution < -0.4 is 0 Å². The summed E-state index contributed by atoms with van der Waals surface area (Å²) in [6, 6.07) is 0. The van der Waals surface area contributed by atoms with Gasteiger partial charge in [-0.1, -0.05) is 6.92 Å². The summed E-state index contributed by atoms with van der Waals surface area (Å²) >= 11 is 0. The Hall–Kier alpha value is -0.370. The molecule has 2 heteroatoms. The number of ketones is 1. The first-order valence-corrected chi connectivity index (χ1v) is 5.73. The standard InChI is InChI=1S/C12H23NO/c1-5-11(14)10-6-8-13(9-7-10)12(2,3)4/h10H,5-9H2,1-4H3. The predicted octanol–water partition coefficient (Wildman–Crippen LogP) is 2.48. The maximum absolute atomic E-state index is 11.5. The molecular formula is C12H23NO. The van der Waals surface area contributed by atoms with E-state index in [1.807, 2.05) is 6.92 Å². The molecule has 14 heavy (non-hydrogen) atoms. The molecule has 1 fully saturated rings. The minimum atomic E-state index is 0.264. The topological polar surface area (TPSA) is 20.3 Å². The number of Topliss-reactive ketones (excluding diaryl/α,β-unsaturated/α-hetero) is 1. The summed E-state index contributed by atoms with van der Waals surface area (Å²) in [4.78, 5) is 14.0. The van der Waals surface area contributed by atoms with Crippen molar-refractivity contribution in [1.82, 2.24) is 4.90 Å². The molecule has 0 bridgehead atoms. The van der Waals surface area contributed by atoms with E-state index in [2.05, 4.69) is 25.7 Å². The van der Waals surface area contributed by atoms with E-state index < -0.39 is 0 Å². The predicted molar refractivity (Wildman–Crippen MR) is 59.3 cm³/mol. The molecule has 1 heterocycles. The number of carbonyl (C=O) groups excluding carboxylic acids is 1. The Bertz CT molecular complexity index is 197. The molecule has 0 N–H and O–H groups in total. The number of rotatable bonds is 2. The molecule has 0 aromatic heterocycles. The molecule has 82 valence electrons. The van der Waals surface area contributed by atoms with E-state index in [1.165, 1.54) is 0 Å². The number of hydrogen-bond donors (Lipinski definition) is 0. The number of hydrogen-bond acceptors (Lipinski definition) is 2. The maximum atomic E-state index is 11.5. The van der Waals surface area contributed by atoms with Crippen LogP contribution in [0.3, 0.4) is 0 Å². The van der Waals surface area contributed by atoms with E-state index in [9.17, 15) is 4.79 Å². The van der Waals surface area contributed by atoms with Crippen LogP contribution in [-0.2, 0) is 4.79 Å². The Morgan fingerprint density at radius 2 is 1.79 bits per heavy atom. The van der Waals surface area contributed by atoms with Crippen LogP contribution in [0.1, 0.15) is 47.0 Å². The van der Waals surface area contributed by atoms with Crippen LogP contribution in [0.4, 0.5) is 0 Å². The summed E-state index contributed by atoms with van der Waals surface area (Å²) in [6.07, 6.45) is 2.83. The van der Waals surface area contributed by atoms with E-state index in [4.69, 9.17) is 0 Å². The van der Waals surface area contributed by atoms with Crippen LogP contribution in [-0.4, -0.2) is 29.3 Å². The molecule has 0 amide bonds. The number of carbonyl (C=O) groups is 1. The highest BCUT2D eigenvalue weighted by Gasteiger charge is 2.29. The van der Waals surface area contributed by atoms with Crippen LogP contribution in [0.25, 0.3) is 0 Å². The van der Waals surface area contributed by atoms with Crippen LogP contribution in [0.2, 0.25) is 0 Å². The van der Waals surface area contributed by atoms with E-state index in [0.717, 1.165) is 25.9 Å². The summed E-state index contributed by atoms with van der Waals surface area (Å²) < 4.78 is 0. The lowest BCUT2D eigenvalue weighted by molar-refractivity contribution is -0.124. The van der Waals surface area contributed by atoms with Gasteiger partial charge in [0.2, 0.25) is 0 Å². The highest BCUT2D eigenvalue weighted by molar-refractivity contribution is 5.80. The molecule has 0 unspecified atom stereocenters. The lowest BCUT2D eigenvalue weighted by Crippen LogP contribution is -2.47. The van der Waals surface area contributed by atoms with Crippen LogP contribution in [0.15, 0.2) is 0 Å². The molecule has 0 spiro atoms. The zero-order chi connectivity index (χ0) is 10.8. The SMILES string of the molecule is CCC(=O)C1CCN(C(C)(C)C)CC1. The minimum absolute atomic E-state index is 0.264. The Balaban J connectivity index is 2.43. The maximum Gasteiger partial charge on any atom is 0.135 e. The zero-order valence-electron chi connectivity index (χ0n) is 9.97. The Morgan fingerprint density at radius 3 is 2.14 bits per heavy atom. The van der Waals surface area contributed by atoms with Gasteiger partial charge in [0.05, 0.1) is 0 Å². The van der Waals surface area contributed by atoms with Gasteiger partial charge in [-0.05, 0) is 46.7 Å². The summed E-state index contributed by atoms with van der Waals surface area (Å²) in [5, 5.41) is 0. The van der Waals surface area contributed by atoms with Crippen molar-refractivity contribution in [3.8, 4) is 0 Å². The molecule has 0 aromatic rings. The minimum Gasteiger partial charge on any atom is -0.299 e. The molecular weight excluding hydrogens is 174 g/mol. The fourth-order valence-corrected chi connectivity index (χ4v) is 2.16. The average Bonchev–Trinajstić information content (AvgIpc) is 2.15. The third-order valence-corrected chi connectivity index (χ3v) is 3.25. The van der Waals surface area contributed by atoms with Gasteiger partial charge in [-0.2, -0.15) is 0 Å². The van der Waals surface area contributed by atoms with Crippen molar-refractivity contribution in [2.45, 2.75) is 52.5 Å². The van der Waals surface area contributed by atoms with Gasteiger partial charge in [-0.15, -0.1) is 0 Å². The van der Waals surface area contributed by atoms with Crippen molar-refractivity contribution in [2.75, 3.05) is 13.1 Å². The highest BCUT2D eigenvalue weighted by Crippen LogP contribution is 2.24. The molecule has 1 aliphatic rings. The number of nitrogens with zero attached hydrogens (tertiary/aromatic N) is 1. The van der Waals surface area contributed by atoms with E-state index in [0.29, 0.717) is 18.1 Å². The normalized spacial score (nSPS) is 21.1. The molecule has 1 saturated heterocycles. The second-order valence-corrected chi connectivity index (χ2v) is 5.25. The van der Waals surface area contributed by atoms with Crippen molar-refractivity contribution in [1.29, 1.82) is 0 Å². The first kappa shape index (κ1) is 11.7.